The van der Waals surface area contributed by atoms with Crippen LogP contribution in [-0.2, 0) is 14.3 Å². The van der Waals surface area contributed by atoms with Crippen LogP contribution in [0, 0.1) is 0 Å². The number of hydrogen-bond donors (Lipinski definition) is 3. The Morgan fingerprint density at radius 1 is 0.900 bits per heavy atom. The van der Waals surface area contributed by atoms with E-state index in [1.54, 1.807) is 24.0 Å². The van der Waals surface area contributed by atoms with E-state index in [0.29, 0.717) is 38.2 Å². The fraction of sp³-hybridized carbons (Fsp3) is 0.318. The minimum atomic E-state index is -0.716. The monoisotopic (exact) mass is 410 g/mol. The van der Waals surface area contributed by atoms with E-state index in [2.05, 4.69) is 16.0 Å². The number of likely N-dealkylation sites (tertiary alicyclic amines) is 1. The minimum Gasteiger partial charge on any atom is -0.450 e. The summed E-state index contributed by atoms with van der Waals surface area (Å²) in [7, 11) is 0. The largest absolute Gasteiger partial charge is 0.450 e. The highest BCUT2D eigenvalue weighted by atomic mass is 16.6. The second-order valence-electron chi connectivity index (χ2n) is 6.96. The maximum Gasteiger partial charge on any atom is 0.409 e. The molecular weight excluding hydrogens is 384 g/mol. The number of anilines is 3. The van der Waals surface area contributed by atoms with E-state index in [1.807, 2.05) is 42.5 Å². The third-order valence-corrected chi connectivity index (χ3v) is 4.77. The Bertz CT molecular complexity index is 862. The lowest BCUT2D eigenvalue weighted by Crippen LogP contribution is -2.49. The average molecular weight is 410 g/mol. The van der Waals surface area contributed by atoms with Gasteiger partial charge in [0.15, 0.2) is 0 Å². The van der Waals surface area contributed by atoms with Crippen molar-refractivity contribution in [2.24, 2.45) is 0 Å². The van der Waals surface area contributed by atoms with Crippen LogP contribution in [0.1, 0.15) is 19.8 Å². The van der Waals surface area contributed by atoms with Crippen LogP contribution < -0.4 is 16.0 Å². The van der Waals surface area contributed by atoms with Crippen LogP contribution in [0.15, 0.2) is 54.6 Å². The number of rotatable bonds is 5. The number of carbonyl (C=O) groups is 3. The van der Waals surface area contributed by atoms with Crippen LogP contribution in [0.5, 0.6) is 0 Å². The number of para-hydroxylation sites is 1. The van der Waals surface area contributed by atoms with Crippen LogP contribution in [-0.4, -0.2) is 48.5 Å². The van der Waals surface area contributed by atoms with Gasteiger partial charge in [0, 0.05) is 36.2 Å². The van der Waals surface area contributed by atoms with Crippen molar-refractivity contribution in [2.75, 3.05) is 30.3 Å². The van der Waals surface area contributed by atoms with Gasteiger partial charge in [0.1, 0.15) is 0 Å². The molecule has 3 rings (SSSR count). The molecule has 2 aromatic carbocycles. The summed E-state index contributed by atoms with van der Waals surface area (Å²) in [6.07, 6.45) is 0.820. The number of nitrogens with zero attached hydrogens (tertiary/aromatic N) is 1. The van der Waals surface area contributed by atoms with Gasteiger partial charge in [-0.3, -0.25) is 9.59 Å². The van der Waals surface area contributed by atoms with Gasteiger partial charge >= 0.3 is 17.9 Å². The molecule has 1 heterocycles. The van der Waals surface area contributed by atoms with E-state index in [1.165, 1.54) is 0 Å². The standard InChI is InChI=1S/C22H26N4O4/c1-2-30-22(29)26-14-12-19(13-15-26)25-21(28)20(27)24-18-10-8-17(9-11-18)23-16-6-4-3-5-7-16/h3-11,19,23H,2,12-15H2,1H3,(H,24,27)(H,25,28). The van der Waals surface area contributed by atoms with Crippen molar-refractivity contribution in [3.05, 3.63) is 54.6 Å². The van der Waals surface area contributed by atoms with Crippen LogP contribution in [0.25, 0.3) is 0 Å². The van der Waals surface area contributed by atoms with Crippen molar-refractivity contribution in [3.8, 4) is 0 Å². The molecule has 0 aliphatic carbocycles. The number of benzene rings is 2. The number of amides is 3. The van der Waals surface area contributed by atoms with Gasteiger partial charge in [-0.15, -0.1) is 0 Å². The highest BCUT2D eigenvalue weighted by molar-refractivity contribution is 6.39. The van der Waals surface area contributed by atoms with Crippen molar-refractivity contribution in [1.82, 2.24) is 10.2 Å². The second-order valence-corrected chi connectivity index (χ2v) is 6.96. The molecule has 30 heavy (non-hydrogen) atoms. The lowest BCUT2D eigenvalue weighted by atomic mass is 10.1. The van der Waals surface area contributed by atoms with E-state index in [4.69, 9.17) is 4.74 Å². The van der Waals surface area contributed by atoms with Crippen molar-refractivity contribution >= 4 is 35.0 Å². The van der Waals surface area contributed by atoms with E-state index in [0.717, 1.165) is 11.4 Å². The Morgan fingerprint density at radius 2 is 1.50 bits per heavy atom. The number of hydrogen-bond acceptors (Lipinski definition) is 5. The fourth-order valence-electron chi connectivity index (χ4n) is 3.19. The number of nitrogens with one attached hydrogen (secondary N) is 3. The molecular formula is C22H26N4O4. The Labute approximate surface area is 175 Å². The summed E-state index contributed by atoms with van der Waals surface area (Å²) in [5, 5.41) is 8.59. The van der Waals surface area contributed by atoms with Gasteiger partial charge in [-0.05, 0) is 56.2 Å². The molecule has 3 amide bonds. The third kappa shape index (κ3) is 5.97. The summed E-state index contributed by atoms with van der Waals surface area (Å²) in [5.74, 6) is -1.40. The second kappa shape index (κ2) is 10.3. The van der Waals surface area contributed by atoms with E-state index in [9.17, 15) is 14.4 Å². The highest BCUT2D eigenvalue weighted by Gasteiger charge is 2.26. The number of ether oxygens (including phenoxy) is 1. The normalized spacial score (nSPS) is 14.0. The smallest absolute Gasteiger partial charge is 0.409 e. The average Bonchev–Trinajstić information content (AvgIpc) is 2.76. The molecule has 8 nitrogen and oxygen atoms in total. The molecule has 1 aliphatic heterocycles. The van der Waals surface area contributed by atoms with Gasteiger partial charge in [-0.1, -0.05) is 18.2 Å². The van der Waals surface area contributed by atoms with Crippen molar-refractivity contribution in [2.45, 2.75) is 25.8 Å². The molecule has 0 aromatic heterocycles. The molecule has 1 saturated heterocycles. The van der Waals surface area contributed by atoms with Crippen molar-refractivity contribution < 1.29 is 19.1 Å². The van der Waals surface area contributed by atoms with Gasteiger partial charge in [0.25, 0.3) is 0 Å². The Morgan fingerprint density at radius 3 is 2.13 bits per heavy atom. The first-order chi connectivity index (χ1) is 14.5. The lowest BCUT2D eigenvalue weighted by molar-refractivity contribution is -0.136. The zero-order chi connectivity index (χ0) is 21.3. The molecule has 8 heteroatoms. The van der Waals surface area contributed by atoms with Crippen LogP contribution in [0.3, 0.4) is 0 Å². The van der Waals surface area contributed by atoms with Gasteiger partial charge in [0.2, 0.25) is 0 Å². The Balaban J connectivity index is 1.44. The molecule has 0 saturated carbocycles. The first-order valence-electron chi connectivity index (χ1n) is 10.0. The van der Waals surface area contributed by atoms with Crippen molar-refractivity contribution in [1.29, 1.82) is 0 Å². The molecule has 0 atom stereocenters. The fourth-order valence-corrected chi connectivity index (χ4v) is 3.19. The van der Waals surface area contributed by atoms with Crippen LogP contribution in [0.2, 0.25) is 0 Å². The van der Waals surface area contributed by atoms with Gasteiger partial charge in [-0.2, -0.15) is 0 Å². The van der Waals surface area contributed by atoms with E-state index < -0.39 is 11.8 Å². The maximum atomic E-state index is 12.2. The zero-order valence-corrected chi connectivity index (χ0v) is 16.9. The highest BCUT2D eigenvalue weighted by Crippen LogP contribution is 2.18. The number of piperidine rings is 1. The summed E-state index contributed by atoms with van der Waals surface area (Å²) >= 11 is 0. The minimum absolute atomic E-state index is 0.147. The molecule has 2 aromatic rings. The first kappa shape index (κ1) is 21.2. The Kier molecular flexibility index (Phi) is 7.26. The van der Waals surface area contributed by atoms with Gasteiger partial charge < -0.3 is 25.6 Å². The molecule has 0 radical (unpaired) electrons. The van der Waals surface area contributed by atoms with Crippen LogP contribution in [0.4, 0.5) is 21.9 Å². The number of carbonyl (C=O) groups excluding carboxylic acids is 3. The quantitative estimate of drug-likeness (QED) is 0.658. The van der Waals surface area contributed by atoms with E-state index >= 15 is 0 Å². The maximum absolute atomic E-state index is 12.2. The summed E-state index contributed by atoms with van der Waals surface area (Å²) in [5.41, 5.74) is 2.37. The summed E-state index contributed by atoms with van der Waals surface area (Å²) in [6.45, 7) is 3.07. The van der Waals surface area contributed by atoms with Gasteiger partial charge in [0.05, 0.1) is 6.61 Å². The molecule has 3 N–H and O–H groups in total. The third-order valence-electron chi connectivity index (χ3n) is 4.77. The van der Waals surface area contributed by atoms with E-state index in [-0.39, 0.29) is 12.1 Å². The lowest BCUT2D eigenvalue weighted by Gasteiger charge is -2.31. The van der Waals surface area contributed by atoms with Crippen molar-refractivity contribution in [3.63, 3.8) is 0 Å². The first-order valence-corrected chi connectivity index (χ1v) is 10.0. The Hall–Kier alpha value is -3.55. The molecule has 0 bridgehead atoms. The molecule has 0 unspecified atom stereocenters. The molecule has 158 valence electrons. The molecule has 1 aliphatic rings. The summed E-state index contributed by atoms with van der Waals surface area (Å²) in [4.78, 5) is 37.7. The SMILES string of the molecule is CCOC(=O)N1CCC(NC(=O)C(=O)Nc2ccc(Nc3ccccc3)cc2)CC1. The topological polar surface area (TPSA) is 99.8 Å². The van der Waals surface area contributed by atoms with Gasteiger partial charge in [-0.25, -0.2) is 4.79 Å². The molecule has 1 fully saturated rings. The summed E-state index contributed by atoms with van der Waals surface area (Å²) in [6, 6.07) is 16.7. The summed E-state index contributed by atoms with van der Waals surface area (Å²) < 4.78 is 4.97. The zero-order valence-electron chi connectivity index (χ0n) is 16.9. The predicted octanol–water partition coefficient (Wildman–Crippen LogP) is 3.11. The predicted molar refractivity (Wildman–Crippen MR) is 115 cm³/mol. The van der Waals surface area contributed by atoms with Crippen LogP contribution >= 0.6 is 0 Å². The molecule has 0 spiro atoms.